The smallest absolute Gasteiger partial charge is 0.107 e. The molecule has 0 aliphatic rings. The number of fused-ring (bicyclic) bond motifs is 1. The zero-order chi connectivity index (χ0) is 12.9. The Bertz CT molecular complexity index is 641. The zero-order valence-corrected chi connectivity index (χ0v) is 10.6. The van der Waals surface area contributed by atoms with Crippen LogP contribution in [0.25, 0.3) is 10.8 Å². The molecule has 2 N–H and O–H groups in total. The van der Waals surface area contributed by atoms with Crippen molar-refractivity contribution in [3.8, 4) is 0 Å². The van der Waals surface area contributed by atoms with Crippen LogP contribution in [0.5, 0.6) is 0 Å². The molecule has 96 valence electrons. The molecule has 0 bridgehead atoms. The third kappa shape index (κ3) is 2.80. The molecule has 0 aliphatic heterocycles. The van der Waals surface area contributed by atoms with Crippen LogP contribution in [0.4, 0.5) is 0 Å². The van der Waals surface area contributed by atoms with Crippen molar-refractivity contribution in [1.29, 1.82) is 0 Å². The second-order valence-electron chi connectivity index (χ2n) is 4.48. The molecule has 3 aromatic rings. The largest absolute Gasteiger partial charge is 0.349 e. The van der Waals surface area contributed by atoms with Crippen molar-refractivity contribution in [3.63, 3.8) is 0 Å². The molecule has 0 atom stereocenters. The molecule has 19 heavy (non-hydrogen) atoms. The van der Waals surface area contributed by atoms with E-state index in [0.717, 1.165) is 25.3 Å². The van der Waals surface area contributed by atoms with Gasteiger partial charge in [0.05, 0.1) is 0 Å². The van der Waals surface area contributed by atoms with Crippen LogP contribution in [0.15, 0.2) is 49.1 Å². The van der Waals surface area contributed by atoms with Gasteiger partial charge in [-0.15, -0.1) is 0 Å². The summed E-state index contributed by atoms with van der Waals surface area (Å²) >= 11 is 0. The zero-order valence-electron chi connectivity index (χ0n) is 10.6. The first-order valence-corrected chi connectivity index (χ1v) is 6.44. The van der Waals surface area contributed by atoms with E-state index in [9.17, 15) is 0 Å². The van der Waals surface area contributed by atoms with Crippen molar-refractivity contribution in [1.82, 2.24) is 20.3 Å². The minimum Gasteiger partial charge on any atom is -0.349 e. The summed E-state index contributed by atoms with van der Waals surface area (Å²) in [7, 11) is 0. The number of pyridine rings is 1. The van der Waals surface area contributed by atoms with Gasteiger partial charge >= 0.3 is 0 Å². The van der Waals surface area contributed by atoms with E-state index in [1.807, 2.05) is 24.7 Å². The molecule has 0 unspecified atom stereocenters. The summed E-state index contributed by atoms with van der Waals surface area (Å²) in [6, 6.07) is 8.34. The Hall–Kier alpha value is -2.20. The van der Waals surface area contributed by atoms with Crippen LogP contribution in [0.1, 0.15) is 11.4 Å². The van der Waals surface area contributed by atoms with E-state index in [0.29, 0.717) is 0 Å². The van der Waals surface area contributed by atoms with Gasteiger partial charge in [0.15, 0.2) is 0 Å². The van der Waals surface area contributed by atoms with Gasteiger partial charge < -0.3 is 10.3 Å². The summed E-state index contributed by atoms with van der Waals surface area (Å²) < 4.78 is 0. The molecule has 4 heteroatoms. The molecule has 0 spiro atoms. The fourth-order valence-electron chi connectivity index (χ4n) is 2.18. The number of nitrogens with one attached hydrogen (secondary N) is 2. The van der Waals surface area contributed by atoms with Crippen LogP contribution < -0.4 is 5.32 Å². The van der Waals surface area contributed by atoms with Gasteiger partial charge in [-0.2, -0.15) is 0 Å². The van der Waals surface area contributed by atoms with Crippen LogP contribution >= 0.6 is 0 Å². The number of aromatic nitrogens is 3. The number of nitrogens with zero attached hydrogens (tertiary/aromatic N) is 2. The molecule has 1 aromatic carbocycles. The first-order valence-electron chi connectivity index (χ1n) is 6.44. The van der Waals surface area contributed by atoms with Gasteiger partial charge in [0, 0.05) is 49.7 Å². The number of rotatable bonds is 5. The van der Waals surface area contributed by atoms with E-state index in [-0.39, 0.29) is 0 Å². The van der Waals surface area contributed by atoms with Gasteiger partial charge in [-0.05, 0) is 10.9 Å². The highest BCUT2D eigenvalue weighted by molar-refractivity contribution is 5.84. The van der Waals surface area contributed by atoms with Crippen LogP contribution in [-0.4, -0.2) is 21.5 Å². The van der Waals surface area contributed by atoms with Gasteiger partial charge in [0.1, 0.15) is 5.82 Å². The standard InChI is InChI=1S/C15H16N4/c1-2-4-14-12(3-1)9-17-11-13(14)10-16-6-5-15-18-7-8-19-15/h1-4,7-9,11,16H,5-6,10H2,(H,18,19). The summed E-state index contributed by atoms with van der Waals surface area (Å²) in [6.07, 6.45) is 8.38. The molecular formula is C15H16N4. The Balaban J connectivity index is 1.62. The van der Waals surface area contributed by atoms with Crippen LogP contribution in [0, 0.1) is 0 Å². The second-order valence-corrected chi connectivity index (χ2v) is 4.48. The SMILES string of the molecule is c1ccc2c(CNCCc3ncc[nH]3)cncc2c1. The Labute approximate surface area is 111 Å². The van der Waals surface area contributed by atoms with E-state index in [1.54, 1.807) is 6.20 Å². The average Bonchev–Trinajstić information content (AvgIpc) is 2.97. The van der Waals surface area contributed by atoms with Gasteiger partial charge in [-0.1, -0.05) is 24.3 Å². The molecule has 0 aliphatic carbocycles. The third-order valence-electron chi connectivity index (χ3n) is 3.16. The first-order chi connectivity index (χ1) is 9.43. The molecule has 0 saturated carbocycles. The number of H-pyrrole nitrogens is 1. The number of hydrogen-bond donors (Lipinski definition) is 2. The number of benzene rings is 1. The predicted molar refractivity (Wildman–Crippen MR) is 75.7 cm³/mol. The fraction of sp³-hybridized carbons (Fsp3) is 0.200. The molecule has 0 saturated heterocycles. The molecule has 2 aromatic heterocycles. The highest BCUT2D eigenvalue weighted by atomic mass is 14.9. The van der Waals surface area contributed by atoms with Crippen LogP contribution in [-0.2, 0) is 13.0 Å². The van der Waals surface area contributed by atoms with Crippen molar-refractivity contribution in [2.75, 3.05) is 6.54 Å². The van der Waals surface area contributed by atoms with Crippen molar-refractivity contribution in [2.24, 2.45) is 0 Å². The lowest BCUT2D eigenvalue weighted by Crippen LogP contribution is -2.17. The number of hydrogen-bond acceptors (Lipinski definition) is 3. The fourth-order valence-corrected chi connectivity index (χ4v) is 2.18. The van der Waals surface area contributed by atoms with Crippen molar-refractivity contribution < 1.29 is 0 Å². The summed E-state index contributed by atoms with van der Waals surface area (Å²) in [5, 5.41) is 5.89. The average molecular weight is 252 g/mol. The monoisotopic (exact) mass is 252 g/mol. The maximum Gasteiger partial charge on any atom is 0.107 e. The highest BCUT2D eigenvalue weighted by Crippen LogP contribution is 2.16. The molecule has 3 rings (SSSR count). The Morgan fingerprint density at radius 3 is 3.00 bits per heavy atom. The summed E-state index contributed by atoms with van der Waals surface area (Å²) in [6.45, 7) is 1.73. The van der Waals surface area contributed by atoms with E-state index < -0.39 is 0 Å². The molecule has 0 radical (unpaired) electrons. The Kier molecular flexibility index (Phi) is 3.51. The lowest BCUT2D eigenvalue weighted by Gasteiger charge is -2.07. The normalized spacial score (nSPS) is 10.9. The third-order valence-corrected chi connectivity index (χ3v) is 3.16. The lowest BCUT2D eigenvalue weighted by molar-refractivity contribution is 0.675. The predicted octanol–water partition coefficient (Wildman–Crippen LogP) is 2.29. The van der Waals surface area contributed by atoms with Gasteiger partial charge in [0.25, 0.3) is 0 Å². The Morgan fingerprint density at radius 2 is 2.11 bits per heavy atom. The number of imidazole rings is 1. The summed E-state index contributed by atoms with van der Waals surface area (Å²) in [4.78, 5) is 11.6. The quantitative estimate of drug-likeness (QED) is 0.685. The van der Waals surface area contributed by atoms with Crippen molar-refractivity contribution in [3.05, 3.63) is 60.4 Å². The van der Waals surface area contributed by atoms with E-state index in [1.165, 1.54) is 16.3 Å². The van der Waals surface area contributed by atoms with Crippen LogP contribution in [0.2, 0.25) is 0 Å². The summed E-state index contributed by atoms with van der Waals surface area (Å²) in [5.74, 6) is 1.02. The molecule has 0 amide bonds. The molecule has 0 fully saturated rings. The van der Waals surface area contributed by atoms with Gasteiger partial charge in [-0.3, -0.25) is 4.98 Å². The maximum absolute atomic E-state index is 4.28. The van der Waals surface area contributed by atoms with Gasteiger partial charge in [-0.25, -0.2) is 4.98 Å². The Morgan fingerprint density at radius 1 is 1.16 bits per heavy atom. The minimum atomic E-state index is 0.828. The second kappa shape index (κ2) is 5.63. The molecule has 4 nitrogen and oxygen atoms in total. The van der Waals surface area contributed by atoms with E-state index in [2.05, 4.69) is 38.5 Å². The minimum absolute atomic E-state index is 0.828. The van der Waals surface area contributed by atoms with E-state index >= 15 is 0 Å². The summed E-state index contributed by atoms with van der Waals surface area (Å²) in [5.41, 5.74) is 1.23. The highest BCUT2D eigenvalue weighted by Gasteiger charge is 2.01. The first kappa shape index (κ1) is 11.9. The number of aromatic amines is 1. The van der Waals surface area contributed by atoms with Crippen molar-refractivity contribution in [2.45, 2.75) is 13.0 Å². The van der Waals surface area contributed by atoms with Gasteiger partial charge in [0.2, 0.25) is 0 Å². The maximum atomic E-state index is 4.28. The lowest BCUT2D eigenvalue weighted by atomic mass is 10.1. The van der Waals surface area contributed by atoms with E-state index in [4.69, 9.17) is 0 Å². The molecular weight excluding hydrogens is 236 g/mol. The molecule has 2 heterocycles. The van der Waals surface area contributed by atoms with Crippen molar-refractivity contribution >= 4 is 10.8 Å². The van der Waals surface area contributed by atoms with Crippen LogP contribution in [0.3, 0.4) is 0 Å². The topological polar surface area (TPSA) is 53.6 Å².